The summed E-state index contributed by atoms with van der Waals surface area (Å²) in [6.07, 6.45) is 2.05. The van der Waals surface area contributed by atoms with E-state index in [-0.39, 0.29) is 5.41 Å². The Morgan fingerprint density at radius 3 is 2.48 bits per heavy atom. The second-order valence-electron chi connectivity index (χ2n) is 7.52. The second kappa shape index (κ2) is 7.02. The molecule has 2 heterocycles. The Bertz CT molecular complexity index is 515. The van der Waals surface area contributed by atoms with E-state index >= 15 is 0 Å². The number of benzene rings is 1. The number of nitrogens with one attached hydrogen (secondary N) is 1. The van der Waals surface area contributed by atoms with Gasteiger partial charge in [-0.25, -0.2) is 0 Å². The van der Waals surface area contributed by atoms with Gasteiger partial charge in [0.05, 0.1) is 0 Å². The summed E-state index contributed by atoms with van der Waals surface area (Å²) in [6, 6.07) is 11.0. The lowest BCUT2D eigenvalue weighted by molar-refractivity contribution is -0.142. The SMILES string of the molecule is CC(C)(Cc1ccccc1)C(=O)N1CCN(C2CCNC2)CC1. The molecule has 1 atom stereocenters. The minimum absolute atomic E-state index is 0.297. The van der Waals surface area contributed by atoms with Crippen LogP contribution in [0.3, 0.4) is 0 Å². The van der Waals surface area contributed by atoms with Gasteiger partial charge >= 0.3 is 0 Å². The standard InChI is InChI=1S/C19H29N3O/c1-19(2,14-16-6-4-3-5-7-16)18(23)22-12-10-21(11-13-22)17-8-9-20-15-17/h3-7,17,20H,8-15H2,1-2H3. The lowest BCUT2D eigenvalue weighted by atomic mass is 9.84. The van der Waals surface area contributed by atoms with Crippen molar-refractivity contribution >= 4 is 5.91 Å². The number of carbonyl (C=O) groups excluding carboxylic acids is 1. The van der Waals surface area contributed by atoms with Crippen molar-refractivity contribution in [1.82, 2.24) is 15.1 Å². The molecule has 1 amide bonds. The van der Waals surface area contributed by atoms with Gasteiger partial charge in [-0.2, -0.15) is 0 Å². The fourth-order valence-corrected chi connectivity index (χ4v) is 3.85. The normalized spacial score (nSPS) is 23.2. The smallest absolute Gasteiger partial charge is 0.228 e. The first-order valence-electron chi connectivity index (χ1n) is 8.84. The van der Waals surface area contributed by atoms with Gasteiger partial charge in [-0.05, 0) is 24.9 Å². The van der Waals surface area contributed by atoms with Crippen LogP contribution >= 0.6 is 0 Å². The van der Waals surface area contributed by atoms with Crippen molar-refractivity contribution in [2.75, 3.05) is 39.3 Å². The summed E-state index contributed by atoms with van der Waals surface area (Å²) in [5, 5.41) is 3.43. The van der Waals surface area contributed by atoms with Crippen molar-refractivity contribution in [3.63, 3.8) is 0 Å². The molecule has 2 aliphatic rings. The molecule has 126 valence electrons. The maximum atomic E-state index is 12.9. The van der Waals surface area contributed by atoms with Gasteiger partial charge in [0.2, 0.25) is 5.91 Å². The van der Waals surface area contributed by atoms with Gasteiger partial charge in [0.25, 0.3) is 0 Å². The maximum Gasteiger partial charge on any atom is 0.228 e. The first-order chi connectivity index (χ1) is 11.1. The van der Waals surface area contributed by atoms with Crippen molar-refractivity contribution in [3.05, 3.63) is 35.9 Å². The zero-order valence-corrected chi connectivity index (χ0v) is 14.4. The van der Waals surface area contributed by atoms with E-state index < -0.39 is 0 Å². The van der Waals surface area contributed by atoms with E-state index in [0.29, 0.717) is 11.9 Å². The van der Waals surface area contributed by atoms with Crippen LogP contribution in [0.25, 0.3) is 0 Å². The average Bonchev–Trinajstić information content (AvgIpc) is 3.09. The highest BCUT2D eigenvalue weighted by atomic mass is 16.2. The topological polar surface area (TPSA) is 35.6 Å². The van der Waals surface area contributed by atoms with E-state index in [1.165, 1.54) is 12.0 Å². The van der Waals surface area contributed by atoms with Crippen LogP contribution in [0.4, 0.5) is 0 Å². The van der Waals surface area contributed by atoms with Gasteiger partial charge in [-0.15, -0.1) is 0 Å². The molecule has 0 spiro atoms. The summed E-state index contributed by atoms with van der Waals surface area (Å²) in [4.78, 5) is 17.6. The number of hydrogen-bond acceptors (Lipinski definition) is 3. The zero-order valence-electron chi connectivity index (χ0n) is 14.4. The fourth-order valence-electron chi connectivity index (χ4n) is 3.85. The van der Waals surface area contributed by atoms with Gasteiger partial charge in [0.15, 0.2) is 0 Å². The van der Waals surface area contributed by atoms with E-state index in [0.717, 1.165) is 45.7 Å². The molecule has 1 aromatic carbocycles. The van der Waals surface area contributed by atoms with Crippen molar-refractivity contribution in [3.8, 4) is 0 Å². The Hall–Kier alpha value is -1.39. The molecule has 0 bridgehead atoms. The predicted molar refractivity (Wildman–Crippen MR) is 93.4 cm³/mol. The first-order valence-corrected chi connectivity index (χ1v) is 8.84. The highest BCUT2D eigenvalue weighted by Crippen LogP contribution is 2.26. The molecule has 2 saturated heterocycles. The molecular weight excluding hydrogens is 286 g/mol. The van der Waals surface area contributed by atoms with Crippen LogP contribution in [-0.2, 0) is 11.2 Å². The highest BCUT2D eigenvalue weighted by molar-refractivity contribution is 5.82. The third-order valence-electron chi connectivity index (χ3n) is 5.22. The van der Waals surface area contributed by atoms with E-state index in [4.69, 9.17) is 0 Å². The number of amides is 1. The van der Waals surface area contributed by atoms with Crippen LogP contribution in [0.2, 0.25) is 0 Å². The van der Waals surface area contributed by atoms with Crippen LogP contribution < -0.4 is 5.32 Å². The Labute approximate surface area is 139 Å². The molecule has 3 rings (SSSR count). The number of rotatable bonds is 4. The quantitative estimate of drug-likeness (QED) is 0.920. The first kappa shape index (κ1) is 16.5. The molecule has 4 nitrogen and oxygen atoms in total. The van der Waals surface area contributed by atoms with Crippen molar-refractivity contribution in [2.45, 2.75) is 32.7 Å². The van der Waals surface area contributed by atoms with Crippen molar-refractivity contribution in [1.29, 1.82) is 0 Å². The third kappa shape index (κ3) is 3.93. The van der Waals surface area contributed by atoms with Crippen molar-refractivity contribution < 1.29 is 4.79 Å². The van der Waals surface area contributed by atoms with Crippen LogP contribution in [-0.4, -0.2) is 61.0 Å². The molecule has 1 unspecified atom stereocenters. The van der Waals surface area contributed by atoms with E-state index in [2.05, 4.69) is 41.1 Å². The van der Waals surface area contributed by atoms with Crippen molar-refractivity contribution in [2.24, 2.45) is 5.41 Å². The predicted octanol–water partition coefficient (Wildman–Crippen LogP) is 1.76. The lowest BCUT2D eigenvalue weighted by Gasteiger charge is -2.40. The monoisotopic (exact) mass is 315 g/mol. The minimum atomic E-state index is -0.335. The Balaban J connectivity index is 1.55. The summed E-state index contributed by atoms with van der Waals surface area (Å²) in [6.45, 7) is 10.2. The third-order valence-corrected chi connectivity index (χ3v) is 5.22. The molecule has 23 heavy (non-hydrogen) atoms. The van der Waals surface area contributed by atoms with Gasteiger partial charge in [-0.1, -0.05) is 44.2 Å². The number of hydrogen-bond donors (Lipinski definition) is 1. The molecule has 0 radical (unpaired) electrons. The minimum Gasteiger partial charge on any atom is -0.340 e. The molecule has 4 heteroatoms. The molecule has 1 N–H and O–H groups in total. The molecule has 0 aromatic heterocycles. The average molecular weight is 315 g/mol. The fraction of sp³-hybridized carbons (Fsp3) is 0.632. The van der Waals surface area contributed by atoms with Gasteiger partial charge < -0.3 is 10.2 Å². The Kier molecular flexibility index (Phi) is 5.02. The number of carbonyl (C=O) groups is 1. The van der Waals surface area contributed by atoms with E-state index in [1.54, 1.807) is 0 Å². The summed E-state index contributed by atoms with van der Waals surface area (Å²) in [5.74, 6) is 0.297. The summed E-state index contributed by atoms with van der Waals surface area (Å²) < 4.78 is 0. The Morgan fingerprint density at radius 1 is 1.17 bits per heavy atom. The molecule has 0 saturated carbocycles. The zero-order chi connectivity index (χ0) is 16.3. The largest absolute Gasteiger partial charge is 0.340 e. The number of nitrogens with zero attached hydrogens (tertiary/aromatic N) is 2. The number of piperazine rings is 1. The van der Waals surface area contributed by atoms with Crippen LogP contribution in [0, 0.1) is 5.41 Å². The maximum absolute atomic E-state index is 12.9. The molecule has 2 fully saturated rings. The van der Waals surface area contributed by atoms with Gasteiger partial charge in [0, 0.05) is 44.2 Å². The van der Waals surface area contributed by atoms with Gasteiger partial charge in [-0.3, -0.25) is 9.69 Å². The van der Waals surface area contributed by atoms with E-state index in [9.17, 15) is 4.79 Å². The molecule has 2 aliphatic heterocycles. The van der Waals surface area contributed by atoms with Gasteiger partial charge in [0.1, 0.15) is 0 Å². The second-order valence-corrected chi connectivity index (χ2v) is 7.52. The summed E-state index contributed by atoms with van der Waals surface area (Å²) >= 11 is 0. The van der Waals surface area contributed by atoms with Crippen LogP contribution in [0.1, 0.15) is 25.8 Å². The molecule has 0 aliphatic carbocycles. The molecule has 1 aromatic rings. The molecular formula is C19H29N3O. The van der Waals surface area contributed by atoms with E-state index in [1.807, 2.05) is 18.2 Å². The summed E-state index contributed by atoms with van der Waals surface area (Å²) in [7, 11) is 0. The summed E-state index contributed by atoms with van der Waals surface area (Å²) in [5.41, 5.74) is 0.903. The highest BCUT2D eigenvalue weighted by Gasteiger charge is 2.35. The van der Waals surface area contributed by atoms with Crippen LogP contribution in [0.15, 0.2) is 30.3 Å². The van der Waals surface area contributed by atoms with Crippen LogP contribution in [0.5, 0.6) is 0 Å². The lowest BCUT2D eigenvalue weighted by Crippen LogP contribution is -2.55. The Morgan fingerprint density at radius 2 is 1.87 bits per heavy atom.